The normalized spacial score (nSPS) is 10.7. The molecule has 192 valence electrons. The largest absolute Gasteiger partial charge is 0.320 e. The molecule has 0 saturated carbocycles. The van der Waals surface area contributed by atoms with Gasteiger partial charge in [0.05, 0.1) is 11.4 Å². The van der Waals surface area contributed by atoms with Crippen LogP contribution in [0.3, 0.4) is 0 Å². The quantitative estimate of drug-likeness (QED) is 0.232. The first kappa shape index (κ1) is 24.8. The summed E-state index contributed by atoms with van der Waals surface area (Å²) in [5.41, 5.74) is 6.37. The highest BCUT2D eigenvalue weighted by Crippen LogP contribution is 2.30. The molecular weight excluding hydrogens is 492 g/mol. The maximum Gasteiger partial charge on any atom is 0.255 e. The third-order valence-electron chi connectivity index (χ3n) is 6.89. The SMILES string of the molecule is O=C(Nc1cc2ccccc2cc1NC(=O)c1ccc(-c2ccccc2)cc1)c1ccc(-c2ccccc2)cc1. The summed E-state index contributed by atoms with van der Waals surface area (Å²) in [7, 11) is 0. The second-order valence-electron chi connectivity index (χ2n) is 9.54. The second-order valence-corrected chi connectivity index (χ2v) is 9.54. The highest BCUT2D eigenvalue weighted by atomic mass is 16.2. The Bertz CT molecular complexity index is 1660. The molecule has 0 heterocycles. The van der Waals surface area contributed by atoms with Crippen molar-refractivity contribution in [2.75, 3.05) is 10.6 Å². The van der Waals surface area contributed by atoms with E-state index in [1.807, 2.05) is 146 Å². The predicted octanol–water partition coefficient (Wildman–Crippen LogP) is 8.68. The Balaban J connectivity index is 1.25. The molecule has 0 aliphatic rings. The van der Waals surface area contributed by atoms with Crippen LogP contribution < -0.4 is 10.6 Å². The first-order valence-electron chi connectivity index (χ1n) is 13.1. The lowest BCUT2D eigenvalue weighted by Gasteiger charge is -2.15. The summed E-state index contributed by atoms with van der Waals surface area (Å²) in [4.78, 5) is 26.5. The Labute approximate surface area is 232 Å². The fraction of sp³-hybridized carbons (Fsp3) is 0. The number of nitrogens with one attached hydrogen (secondary N) is 2. The summed E-state index contributed by atoms with van der Waals surface area (Å²) in [5, 5.41) is 7.95. The van der Waals surface area contributed by atoms with E-state index in [0.29, 0.717) is 22.5 Å². The topological polar surface area (TPSA) is 58.2 Å². The standard InChI is InChI=1S/C36H26N2O2/c39-35(29-19-15-27(16-20-29)25-9-3-1-4-10-25)37-33-23-31-13-7-8-14-32(31)24-34(33)38-36(40)30-21-17-28(18-22-30)26-11-5-2-6-12-26/h1-24H,(H,37,39)(H,38,40). The molecule has 6 aromatic carbocycles. The zero-order valence-electron chi connectivity index (χ0n) is 21.7. The number of carbonyl (C=O) groups excluding carboxylic acids is 2. The molecule has 0 aromatic heterocycles. The molecule has 2 N–H and O–H groups in total. The van der Waals surface area contributed by atoms with E-state index in [1.54, 1.807) is 0 Å². The zero-order chi connectivity index (χ0) is 27.3. The Morgan fingerprint density at radius 1 is 0.375 bits per heavy atom. The lowest BCUT2D eigenvalue weighted by Crippen LogP contribution is -2.17. The van der Waals surface area contributed by atoms with Crippen LogP contribution in [-0.4, -0.2) is 11.8 Å². The van der Waals surface area contributed by atoms with Gasteiger partial charge in [-0.25, -0.2) is 0 Å². The van der Waals surface area contributed by atoms with E-state index in [9.17, 15) is 9.59 Å². The van der Waals surface area contributed by atoms with Crippen LogP contribution in [0, 0.1) is 0 Å². The molecule has 0 aliphatic carbocycles. The van der Waals surface area contributed by atoms with Crippen molar-refractivity contribution < 1.29 is 9.59 Å². The Hall–Kier alpha value is -5.48. The van der Waals surface area contributed by atoms with Gasteiger partial charge in [-0.1, -0.05) is 109 Å². The number of carbonyl (C=O) groups is 2. The molecule has 0 bridgehead atoms. The van der Waals surface area contributed by atoms with E-state index in [0.717, 1.165) is 33.0 Å². The van der Waals surface area contributed by atoms with Crippen LogP contribution in [0.2, 0.25) is 0 Å². The minimum absolute atomic E-state index is 0.252. The van der Waals surface area contributed by atoms with Crippen molar-refractivity contribution in [2.24, 2.45) is 0 Å². The summed E-state index contributed by atoms with van der Waals surface area (Å²) in [5.74, 6) is -0.504. The smallest absolute Gasteiger partial charge is 0.255 e. The van der Waals surface area contributed by atoms with Gasteiger partial charge < -0.3 is 10.6 Å². The molecule has 4 heteroatoms. The fourth-order valence-corrected chi connectivity index (χ4v) is 4.73. The van der Waals surface area contributed by atoms with Gasteiger partial charge in [-0.3, -0.25) is 9.59 Å². The summed E-state index contributed by atoms with van der Waals surface area (Å²) in [6.45, 7) is 0. The maximum absolute atomic E-state index is 13.3. The van der Waals surface area contributed by atoms with Crippen molar-refractivity contribution in [1.29, 1.82) is 0 Å². The van der Waals surface area contributed by atoms with Gasteiger partial charge in [0.15, 0.2) is 0 Å². The summed E-state index contributed by atoms with van der Waals surface area (Å²) >= 11 is 0. The van der Waals surface area contributed by atoms with E-state index in [1.165, 1.54) is 0 Å². The van der Waals surface area contributed by atoms with Crippen LogP contribution in [0.25, 0.3) is 33.0 Å². The first-order valence-corrected chi connectivity index (χ1v) is 13.1. The van der Waals surface area contributed by atoms with Crippen LogP contribution in [-0.2, 0) is 0 Å². The molecular formula is C36H26N2O2. The van der Waals surface area contributed by atoms with E-state index < -0.39 is 0 Å². The molecule has 0 radical (unpaired) electrons. The molecule has 2 amide bonds. The number of benzene rings is 6. The van der Waals surface area contributed by atoms with Crippen molar-refractivity contribution in [2.45, 2.75) is 0 Å². The number of rotatable bonds is 6. The second kappa shape index (κ2) is 11.1. The van der Waals surface area contributed by atoms with Crippen LogP contribution in [0.4, 0.5) is 11.4 Å². The number of fused-ring (bicyclic) bond motifs is 1. The first-order chi connectivity index (χ1) is 19.6. The lowest BCUT2D eigenvalue weighted by atomic mass is 10.0. The third kappa shape index (κ3) is 5.38. The van der Waals surface area contributed by atoms with Crippen molar-refractivity contribution >= 4 is 34.0 Å². The molecule has 0 fully saturated rings. The van der Waals surface area contributed by atoms with Gasteiger partial charge in [0.1, 0.15) is 0 Å². The molecule has 0 atom stereocenters. The van der Waals surface area contributed by atoms with Crippen LogP contribution in [0.5, 0.6) is 0 Å². The minimum Gasteiger partial charge on any atom is -0.320 e. The molecule has 4 nitrogen and oxygen atoms in total. The molecule has 6 rings (SSSR count). The van der Waals surface area contributed by atoms with Gasteiger partial charge in [-0.2, -0.15) is 0 Å². The number of amides is 2. The molecule has 0 spiro atoms. The summed E-state index contributed by atoms with van der Waals surface area (Å²) < 4.78 is 0. The van der Waals surface area contributed by atoms with E-state index in [-0.39, 0.29) is 11.8 Å². The molecule has 0 unspecified atom stereocenters. The number of hydrogen-bond acceptors (Lipinski definition) is 2. The molecule has 0 saturated heterocycles. The average Bonchev–Trinajstić information content (AvgIpc) is 3.02. The highest BCUT2D eigenvalue weighted by molar-refractivity contribution is 6.12. The summed E-state index contributed by atoms with van der Waals surface area (Å²) in [6, 6.07) is 46.7. The predicted molar refractivity (Wildman–Crippen MR) is 164 cm³/mol. The van der Waals surface area contributed by atoms with Crippen molar-refractivity contribution in [3.63, 3.8) is 0 Å². The highest BCUT2D eigenvalue weighted by Gasteiger charge is 2.14. The Morgan fingerprint density at radius 2 is 0.700 bits per heavy atom. The van der Waals surface area contributed by atoms with Gasteiger partial charge in [-0.05, 0) is 69.4 Å². The van der Waals surface area contributed by atoms with Crippen LogP contribution in [0.15, 0.2) is 146 Å². The fourth-order valence-electron chi connectivity index (χ4n) is 4.73. The molecule has 40 heavy (non-hydrogen) atoms. The van der Waals surface area contributed by atoms with Crippen molar-refractivity contribution in [3.8, 4) is 22.3 Å². The Morgan fingerprint density at radius 3 is 1.07 bits per heavy atom. The number of anilines is 2. The van der Waals surface area contributed by atoms with Crippen LogP contribution in [0.1, 0.15) is 20.7 Å². The van der Waals surface area contributed by atoms with Gasteiger partial charge in [0.25, 0.3) is 11.8 Å². The lowest BCUT2D eigenvalue weighted by molar-refractivity contribution is 0.101. The summed E-state index contributed by atoms with van der Waals surface area (Å²) in [6.07, 6.45) is 0. The monoisotopic (exact) mass is 518 g/mol. The maximum atomic E-state index is 13.3. The Kier molecular flexibility index (Phi) is 6.89. The third-order valence-corrected chi connectivity index (χ3v) is 6.89. The zero-order valence-corrected chi connectivity index (χ0v) is 21.7. The average molecular weight is 519 g/mol. The molecule has 0 aliphatic heterocycles. The van der Waals surface area contributed by atoms with Gasteiger partial charge >= 0.3 is 0 Å². The molecule has 6 aromatic rings. The van der Waals surface area contributed by atoms with Crippen LogP contribution >= 0.6 is 0 Å². The van der Waals surface area contributed by atoms with Crippen molar-refractivity contribution in [1.82, 2.24) is 0 Å². The van der Waals surface area contributed by atoms with Gasteiger partial charge in [-0.15, -0.1) is 0 Å². The van der Waals surface area contributed by atoms with Gasteiger partial charge in [0, 0.05) is 11.1 Å². The minimum atomic E-state index is -0.252. The van der Waals surface area contributed by atoms with Crippen molar-refractivity contribution in [3.05, 3.63) is 157 Å². The van der Waals surface area contributed by atoms with E-state index in [4.69, 9.17) is 0 Å². The van der Waals surface area contributed by atoms with Gasteiger partial charge in [0.2, 0.25) is 0 Å². The van der Waals surface area contributed by atoms with E-state index >= 15 is 0 Å². The van der Waals surface area contributed by atoms with E-state index in [2.05, 4.69) is 10.6 Å². The number of hydrogen-bond donors (Lipinski definition) is 2.